The van der Waals surface area contributed by atoms with Gasteiger partial charge in [-0.3, -0.25) is 4.79 Å². The Kier molecular flexibility index (Phi) is 7.00. The van der Waals surface area contributed by atoms with E-state index in [2.05, 4.69) is 22.5 Å². The van der Waals surface area contributed by atoms with Gasteiger partial charge in [0, 0.05) is 24.0 Å². The first-order chi connectivity index (χ1) is 9.52. The number of thiazole rings is 1. The topological polar surface area (TPSA) is 91.3 Å². The summed E-state index contributed by atoms with van der Waals surface area (Å²) in [6, 6.07) is -0.375. The normalized spacial score (nSPS) is 11.9. The van der Waals surface area contributed by atoms with Gasteiger partial charge in [0.15, 0.2) is 0 Å². The van der Waals surface area contributed by atoms with Crippen LogP contribution >= 0.6 is 11.3 Å². The monoisotopic (exact) mass is 299 g/mol. The van der Waals surface area contributed by atoms with Crippen molar-refractivity contribution in [2.24, 2.45) is 0 Å². The molecule has 0 aliphatic carbocycles. The molecule has 0 radical (unpaired) electrons. The molecule has 1 aromatic rings. The molecule has 1 unspecified atom stereocenters. The van der Waals surface area contributed by atoms with Crippen molar-refractivity contribution in [1.82, 2.24) is 15.6 Å². The predicted molar refractivity (Wildman–Crippen MR) is 77.9 cm³/mol. The van der Waals surface area contributed by atoms with Crippen molar-refractivity contribution in [3.63, 3.8) is 0 Å². The number of aromatic nitrogens is 1. The number of rotatable bonds is 8. The lowest BCUT2D eigenvalue weighted by atomic mass is 10.2. The fourth-order valence-corrected chi connectivity index (χ4v) is 2.46. The third-order valence-corrected chi connectivity index (χ3v) is 4.07. The summed E-state index contributed by atoms with van der Waals surface area (Å²) >= 11 is 1.60. The Morgan fingerprint density at radius 3 is 2.80 bits per heavy atom. The van der Waals surface area contributed by atoms with Crippen molar-refractivity contribution in [2.45, 2.75) is 45.6 Å². The maximum Gasteiger partial charge on any atom is 0.315 e. The van der Waals surface area contributed by atoms with Crippen LogP contribution in [-0.4, -0.2) is 28.6 Å². The Bertz CT molecular complexity index is 448. The minimum Gasteiger partial charge on any atom is -0.481 e. The molecule has 0 saturated heterocycles. The second-order valence-corrected chi connectivity index (χ2v) is 5.64. The highest BCUT2D eigenvalue weighted by atomic mass is 32.1. The first-order valence-electron chi connectivity index (χ1n) is 6.73. The molecular weight excluding hydrogens is 278 g/mol. The summed E-state index contributed by atoms with van der Waals surface area (Å²) < 4.78 is 0. The van der Waals surface area contributed by atoms with Crippen LogP contribution in [-0.2, 0) is 11.2 Å². The quantitative estimate of drug-likeness (QED) is 0.642. The van der Waals surface area contributed by atoms with Crippen LogP contribution in [0, 0.1) is 0 Å². The summed E-state index contributed by atoms with van der Waals surface area (Å²) in [5.74, 6) is -0.807. The Labute approximate surface area is 122 Å². The molecule has 0 saturated carbocycles. The average Bonchev–Trinajstić information content (AvgIpc) is 2.86. The van der Waals surface area contributed by atoms with E-state index < -0.39 is 5.97 Å². The van der Waals surface area contributed by atoms with Gasteiger partial charge in [-0.15, -0.1) is 11.3 Å². The van der Waals surface area contributed by atoms with Gasteiger partial charge < -0.3 is 15.7 Å². The number of unbranched alkanes of at least 4 members (excludes halogenated alkanes) is 1. The molecule has 1 aromatic heterocycles. The zero-order chi connectivity index (χ0) is 15.0. The lowest BCUT2D eigenvalue weighted by molar-refractivity contribution is -0.137. The number of nitrogens with one attached hydrogen (secondary N) is 2. The molecular formula is C13H21N3O3S. The molecule has 6 nitrogen and oxygen atoms in total. The van der Waals surface area contributed by atoms with Crippen molar-refractivity contribution in [2.75, 3.05) is 6.54 Å². The van der Waals surface area contributed by atoms with Crippen LogP contribution in [0.5, 0.6) is 0 Å². The van der Waals surface area contributed by atoms with Crippen molar-refractivity contribution in [3.8, 4) is 0 Å². The summed E-state index contributed by atoms with van der Waals surface area (Å²) in [5.41, 5.74) is 0. The van der Waals surface area contributed by atoms with Crippen LogP contribution < -0.4 is 10.6 Å². The number of hydrogen-bond acceptors (Lipinski definition) is 4. The molecule has 1 rings (SSSR count). The summed E-state index contributed by atoms with van der Waals surface area (Å²) in [6.45, 7) is 4.44. The van der Waals surface area contributed by atoms with Gasteiger partial charge in [-0.2, -0.15) is 0 Å². The molecule has 0 aliphatic rings. The average molecular weight is 299 g/mol. The number of carboxylic acid groups (broad SMARTS) is 1. The molecule has 0 bridgehead atoms. The van der Waals surface area contributed by atoms with E-state index >= 15 is 0 Å². The van der Waals surface area contributed by atoms with Crippen molar-refractivity contribution in [1.29, 1.82) is 0 Å². The zero-order valence-corrected chi connectivity index (χ0v) is 12.6. The number of nitrogens with zero attached hydrogens (tertiary/aromatic N) is 1. The SMILES string of the molecule is CCc1cnc(C(C)NC(=O)NCCCCC(=O)O)s1. The minimum atomic E-state index is -0.807. The first-order valence-corrected chi connectivity index (χ1v) is 7.55. The van der Waals surface area contributed by atoms with Gasteiger partial charge in [0.1, 0.15) is 5.01 Å². The minimum absolute atomic E-state index is 0.126. The molecule has 0 spiro atoms. The van der Waals surface area contributed by atoms with E-state index in [-0.39, 0.29) is 18.5 Å². The van der Waals surface area contributed by atoms with Crippen LogP contribution in [0.4, 0.5) is 4.79 Å². The first kappa shape index (κ1) is 16.4. The van der Waals surface area contributed by atoms with Gasteiger partial charge in [-0.1, -0.05) is 6.92 Å². The Balaban J connectivity index is 2.22. The van der Waals surface area contributed by atoms with E-state index in [0.29, 0.717) is 19.4 Å². The fourth-order valence-electron chi connectivity index (χ4n) is 1.60. The fraction of sp³-hybridized carbons (Fsp3) is 0.615. The third-order valence-electron chi connectivity index (χ3n) is 2.74. The highest BCUT2D eigenvalue weighted by Gasteiger charge is 2.12. The van der Waals surface area contributed by atoms with Crippen LogP contribution in [0.1, 0.15) is 49.0 Å². The Morgan fingerprint density at radius 1 is 1.45 bits per heavy atom. The van der Waals surface area contributed by atoms with Crippen molar-refractivity contribution < 1.29 is 14.7 Å². The number of aliphatic carboxylic acids is 1. The summed E-state index contributed by atoms with van der Waals surface area (Å²) in [6.07, 6.45) is 4.14. The maximum atomic E-state index is 11.6. The van der Waals surface area contributed by atoms with E-state index in [1.54, 1.807) is 11.3 Å². The molecule has 7 heteroatoms. The highest BCUT2D eigenvalue weighted by molar-refractivity contribution is 7.11. The second kappa shape index (κ2) is 8.52. The maximum absolute atomic E-state index is 11.6. The molecule has 1 atom stereocenters. The summed E-state index contributed by atoms with van der Waals surface area (Å²) in [5, 5.41) is 14.9. The standard InChI is InChI=1S/C13H21N3O3S/c1-3-10-8-15-12(20-10)9(2)16-13(19)14-7-5-4-6-11(17)18/h8-9H,3-7H2,1-2H3,(H,17,18)(H2,14,16,19). The molecule has 20 heavy (non-hydrogen) atoms. The lowest BCUT2D eigenvalue weighted by Gasteiger charge is -2.12. The number of hydrogen-bond donors (Lipinski definition) is 3. The van der Waals surface area contributed by atoms with Crippen molar-refractivity contribution >= 4 is 23.3 Å². The van der Waals surface area contributed by atoms with Gasteiger partial charge in [-0.25, -0.2) is 9.78 Å². The van der Waals surface area contributed by atoms with Gasteiger partial charge in [0.2, 0.25) is 0 Å². The third kappa shape index (κ3) is 6.01. The van der Waals surface area contributed by atoms with Crippen LogP contribution in [0.15, 0.2) is 6.20 Å². The lowest BCUT2D eigenvalue weighted by Crippen LogP contribution is -2.37. The smallest absolute Gasteiger partial charge is 0.315 e. The Morgan fingerprint density at radius 2 is 2.20 bits per heavy atom. The van der Waals surface area contributed by atoms with Gasteiger partial charge in [0.05, 0.1) is 6.04 Å². The van der Waals surface area contributed by atoms with Crippen molar-refractivity contribution in [3.05, 3.63) is 16.1 Å². The predicted octanol–water partition coefficient (Wildman–Crippen LogP) is 2.32. The number of carbonyl (C=O) groups excluding carboxylic acids is 1. The zero-order valence-electron chi connectivity index (χ0n) is 11.8. The number of carbonyl (C=O) groups is 2. The molecule has 0 aliphatic heterocycles. The highest BCUT2D eigenvalue weighted by Crippen LogP contribution is 2.19. The number of carboxylic acids is 1. The van der Waals surface area contributed by atoms with E-state index in [1.165, 1.54) is 4.88 Å². The number of urea groups is 1. The van der Waals surface area contributed by atoms with Gasteiger partial charge >= 0.3 is 12.0 Å². The summed E-state index contributed by atoms with van der Waals surface area (Å²) in [7, 11) is 0. The molecule has 0 fully saturated rings. The Hall–Kier alpha value is -1.63. The van der Waals surface area contributed by atoms with Gasteiger partial charge in [-0.05, 0) is 26.2 Å². The number of amides is 2. The van der Waals surface area contributed by atoms with Crippen LogP contribution in [0.25, 0.3) is 0 Å². The summed E-state index contributed by atoms with van der Waals surface area (Å²) in [4.78, 5) is 27.4. The van der Waals surface area contributed by atoms with Crippen LogP contribution in [0.2, 0.25) is 0 Å². The van der Waals surface area contributed by atoms with E-state index in [9.17, 15) is 9.59 Å². The number of aryl methyl sites for hydroxylation is 1. The molecule has 1 heterocycles. The molecule has 3 N–H and O–H groups in total. The van der Waals surface area contributed by atoms with Crippen LogP contribution in [0.3, 0.4) is 0 Å². The van der Waals surface area contributed by atoms with E-state index in [1.807, 2.05) is 13.1 Å². The molecule has 2 amide bonds. The van der Waals surface area contributed by atoms with E-state index in [4.69, 9.17) is 5.11 Å². The molecule has 112 valence electrons. The largest absolute Gasteiger partial charge is 0.481 e. The molecule has 0 aromatic carbocycles. The van der Waals surface area contributed by atoms with Gasteiger partial charge in [0.25, 0.3) is 0 Å². The van der Waals surface area contributed by atoms with E-state index in [0.717, 1.165) is 11.4 Å². The second-order valence-electron chi connectivity index (χ2n) is 4.49.